The smallest absolute Gasteiger partial charge is 0.246 e. The van der Waals surface area contributed by atoms with Crippen molar-refractivity contribution in [2.24, 2.45) is 0 Å². The average molecular weight is 325 g/mol. The minimum atomic E-state index is -0.669. The Morgan fingerprint density at radius 3 is 2.50 bits per heavy atom. The molecule has 1 atom stereocenters. The van der Waals surface area contributed by atoms with Crippen molar-refractivity contribution in [3.05, 3.63) is 58.6 Å². The van der Waals surface area contributed by atoms with Crippen molar-refractivity contribution in [1.29, 1.82) is 0 Å². The van der Waals surface area contributed by atoms with Crippen molar-refractivity contribution >= 4 is 28.9 Å². The lowest BCUT2D eigenvalue weighted by atomic mass is 10.2. The van der Waals surface area contributed by atoms with Crippen LogP contribution in [0, 0.1) is 18.6 Å². The normalized spacial score (nSPS) is 11.9. The predicted molar refractivity (Wildman–Crippen MR) is 84.3 cm³/mol. The predicted octanol–water partition coefficient (Wildman–Crippen LogP) is 4.37. The number of rotatable bonds is 4. The van der Waals surface area contributed by atoms with Crippen molar-refractivity contribution in [3.63, 3.8) is 0 Å². The SMILES string of the molecule is Cc1ccc(NC(C)C(=O)Nc2ccc(Cl)cc2F)cc1F. The van der Waals surface area contributed by atoms with E-state index in [0.717, 1.165) is 6.07 Å². The van der Waals surface area contributed by atoms with E-state index in [-0.39, 0.29) is 16.5 Å². The lowest BCUT2D eigenvalue weighted by Crippen LogP contribution is -2.32. The fraction of sp³-hybridized carbons (Fsp3) is 0.188. The van der Waals surface area contributed by atoms with Crippen LogP contribution in [0.2, 0.25) is 5.02 Å². The number of carbonyl (C=O) groups is 1. The highest BCUT2D eigenvalue weighted by atomic mass is 35.5. The van der Waals surface area contributed by atoms with Gasteiger partial charge in [0.25, 0.3) is 0 Å². The van der Waals surface area contributed by atoms with E-state index in [9.17, 15) is 13.6 Å². The number of benzene rings is 2. The molecule has 1 amide bonds. The van der Waals surface area contributed by atoms with Gasteiger partial charge in [-0.1, -0.05) is 17.7 Å². The fourth-order valence-electron chi connectivity index (χ4n) is 1.83. The highest BCUT2D eigenvalue weighted by molar-refractivity contribution is 6.30. The number of nitrogens with one attached hydrogen (secondary N) is 2. The van der Waals surface area contributed by atoms with Gasteiger partial charge < -0.3 is 10.6 Å². The molecule has 0 saturated heterocycles. The standard InChI is InChI=1S/C16H15ClF2N2O/c1-9-3-5-12(8-13(9)18)20-10(2)16(22)21-15-6-4-11(17)7-14(15)19/h3-8,10,20H,1-2H3,(H,21,22). The van der Waals surface area contributed by atoms with E-state index in [4.69, 9.17) is 11.6 Å². The molecule has 0 bridgehead atoms. The topological polar surface area (TPSA) is 41.1 Å². The number of aryl methyl sites for hydroxylation is 1. The Kier molecular flexibility index (Phi) is 4.98. The molecule has 0 aliphatic heterocycles. The molecule has 0 aliphatic rings. The van der Waals surface area contributed by atoms with Crippen LogP contribution in [-0.2, 0) is 4.79 Å². The molecule has 2 aromatic rings. The molecular weight excluding hydrogens is 310 g/mol. The Bertz CT molecular complexity index is 707. The third kappa shape index (κ3) is 3.95. The Morgan fingerprint density at radius 1 is 1.14 bits per heavy atom. The molecule has 0 aliphatic carbocycles. The molecule has 0 radical (unpaired) electrons. The van der Waals surface area contributed by atoms with Crippen LogP contribution in [-0.4, -0.2) is 11.9 Å². The highest BCUT2D eigenvalue weighted by Crippen LogP contribution is 2.19. The summed E-state index contributed by atoms with van der Waals surface area (Å²) in [5.74, 6) is -1.42. The van der Waals surface area contributed by atoms with E-state index in [1.165, 1.54) is 18.2 Å². The quantitative estimate of drug-likeness (QED) is 0.877. The number of carbonyl (C=O) groups excluding carboxylic acids is 1. The van der Waals surface area contributed by atoms with Crippen LogP contribution in [0.1, 0.15) is 12.5 Å². The van der Waals surface area contributed by atoms with Crippen LogP contribution in [0.3, 0.4) is 0 Å². The first-order valence-electron chi connectivity index (χ1n) is 6.65. The largest absolute Gasteiger partial charge is 0.374 e. The van der Waals surface area contributed by atoms with Crippen LogP contribution in [0.25, 0.3) is 0 Å². The summed E-state index contributed by atoms with van der Waals surface area (Å²) in [6.07, 6.45) is 0. The van der Waals surface area contributed by atoms with Gasteiger partial charge in [0.1, 0.15) is 17.7 Å². The lowest BCUT2D eigenvalue weighted by Gasteiger charge is -2.16. The zero-order valence-corrected chi connectivity index (χ0v) is 12.8. The van der Waals surface area contributed by atoms with Crippen molar-refractivity contribution in [2.75, 3.05) is 10.6 Å². The average Bonchev–Trinajstić information content (AvgIpc) is 2.45. The Balaban J connectivity index is 2.04. The molecule has 0 saturated carbocycles. The van der Waals surface area contributed by atoms with E-state index in [2.05, 4.69) is 10.6 Å². The zero-order valence-electron chi connectivity index (χ0n) is 12.1. The molecule has 116 valence electrons. The van der Waals surface area contributed by atoms with Crippen molar-refractivity contribution in [3.8, 4) is 0 Å². The van der Waals surface area contributed by atoms with E-state index in [1.54, 1.807) is 26.0 Å². The third-order valence-corrected chi connectivity index (χ3v) is 3.37. The summed E-state index contributed by atoms with van der Waals surface area (Å²) in [6, 6.07) is 7.90. The van der Waals surface area contributed by atoms with E-state index in [1.807, 2.05) is 0 Å². The first-order chi connectivity index (χ1) is 10.4. The summed E-state index contributed by atoms with van der Waals surface area (Å²) < 4.78 is 27.1. The first-order valence-corrected chi connectivity index (χ1v) is 7.03. The summed E-state index contributed by atoms with van der Waals surface area (Å²) >= 11 is 5.65. The second-order valence-corrected chi connectivity index (χ2v) is 5.38. The van der Waals surface area contributed by atoms with Gasteiger partial charge >= 0.3 is 0 Å². The van der Waals surface area contributed by atoms with Crippen molar-refractivity contribution in [1.82, 2.24) is 0 Å². The highest BCUT2D eigenvalue weighted by Gasteiger charge is 2.15. The Labute approximate surface area is 132 Å². The maximum Gasteiger partial charge on any atom is 0.246 e. The number of anilines is 2. The fourth-order valence-corrected chi connectivity index (χ4v) is 1.99. The van der Waals surface area contributed by atoms with Gasteiger partial charge in [0.05, 0.1) is 5.69 Å². The molecule has 0 aromatic heterocycles. The van der Waals surface area contributed by atoms with Crippen LogP contribution < -0.4 is 10.6 Å². The van der Waals surface area contributed by atoms with Gasteiger partial charge in [-0.2, -0.15) is 0 Å². The van der Waals surface area contributed by atoms with Gasteiger partial charge in [-0.25, -0.2) is 8.78 Å². The Hall–Kier alpha value is -2.14. The molecule has 2 aromatic carbocycles. The summed E-state index contributed by atoms with van der Waals surface area (Å²) in [5, 5.41) is 5.56. The minimum Gasteiger partial charge on any atom is -0.374 e. The van der Waals surface area contributed by atoms with Crippen LogP contribution in [0.5, 0.6) is 0 Å². The van der Waals surface area contributed by atoms with Crippen LogP contribution in [0.4, 0.5) is 20.2 Å². The molecule has 0 spiro atoms. The zero-order chi connectivity index (χ0) is 16.3. The molecule has 0 fully saturated rings. The number of halogens is 3. The molecule has 0 heterocycles. The number of hydrogen-bond acceptors (Lipinski definition) is 2. The second kappa shape index (κ2) is 6.75. The van der Waals surface area contributed by atoms with E-state index < -0.39 is 17.8 Å². The van der Waals surface area contributed by atoms with E-state index in [0.29, 0.717) is 11.3 Å². The van der Waals surface area contributed by atoms with E-state index >= 15 is 0 Å². The van der Waals surface area contributed by atoms with Gasteiger partial charge in [-0.15, -0.1) is 0 Å². The molecule has 22 heavy (non-hydrogen) atoms. The summed E-state index contributed by atoms with van der Waals surface area (Å²) in [7, 11) is 0. The van der Waals surface area contributed by atoms with Crippen molar-refractivity contribution < 1.29 is 13.6 Å². The number of amides is 1. The molecule has 2 rings (SSSR count). The lowest BCUT2D eigenvalue weighted by molar-refractivity contribution is -0.116. The van der Waals surface area contributed by atoms with Crippen LogP contribution in [0.15, 0.2) is 36.4 Å². The van der Waals surface area contributed by atoms with Gasteiger partial charge in [-0.05, 0) is 49.7 Å². The molecule has 3 nitrogen and oxygen atoms in total. The second-order valence-electron chi connectivity index (χ2n) is 4.94. The van der Waals surface area contributed by atoms with Gasteiger partial charge in [-0.3, -0.25) is 4.79 Å². The van der Waals surface area contributed by atoms with Gasteiger partial charge in [0.2, 0.25) is 5.91 Å². The summed E-state index contributed by atoms with van der Waals surface area (Å²) in [4.78, 5) is 12.0. The number of hydrogen-bond donors (Lipinski definition) is 2. The van der Waals surface area contributed by atoms with Gasteiger partial charge in [0.15, 0.2) is 0 Å². The first kappa shape index (κ1) is 16.2. The molecule has 2 N–H and O–H groups in total. The maximum atomic E-state index is 13.6. The molecular formula is C16H15ClF2N2O. The van der Waals surface area contributed by atoms with Crippen LogP contribution >= 0.6 is 11.6 Å². The third-order valence-electron chi connectivity index (χ3n) is 3.14. The molecule has 1 unspecified atom stereocenters. The van der Waals surface area contributed by atoms with Gasteiger partial charge in [0, 0.05) is 10.7 Å². The summed E-state index contributed by atoms with van der Waals surface area (Å²) in [6.45, 7) is 3.25. The minimum absolute atomic E-state index is 0.0399. The van der Waals surface area contributed by atoms with Crippen molar-refractivity contribution in [2.45, 2.75) is 19.9 Å². The monoisotopic (exact) mass is 324 g/mol. The Morgan fingerprint density at radius 2 is 1.86 bits per heavy atom. The molecule has 6 heteroatoms. The summed E-state index contributed by atoms with van der Waals surface area (Å²) in [5.41, 5.74) is 1.03. The maximum absolute atomic E-state index is 13.6.